The van der Waals surface area contributed by atoms with Crippen LogP contribution in [-0.2, 0) is 13.3 Å². The van der Waals surface area contributed by atoms with Crippen LogP contribution in [0.3, 0.4) is 0 Å². The maximum atomic E-state index is 9.21. The fraction of sp³-hybridized carbons (Fsp3) is 1.00. The van der Waals surface area contributed by atoms with Gasteiger partial charge in [0.1, 0.15) is 5.67 Å². The second-order valence-corrected chi connectivity index (χ2v) is 5.89. The fourth-order valence-electron chi connectivity index (χ4n) is 1.57. The number of hydrogen-bond acceptors (Lipinski definition) is 6. The van der Waals surface area contributed by atoms with E-state index in [-0.39, 0.29) is 5.23 Å². The van der Waals surface area contributed by atoms with E-state index in [0.29, 0.717) is 26.2 Å². The van der Waals surface area contributed by atoms with Crippen molar-refractivity contribution in [3.05, 3.63) is 0 Å². The summed E-state index contributed by atoms with van der Waals surface area (Å²) in [5, 5.41) is 18.6. The molecule has 0 radical (unpaired) electrons. The number of hydroxylamine groups is 2. The molecule has 0 bridgehead atoms. The molecule has 98 valence electrons. The Labute approximate surface area is 98.0 Å². The van der Waals surface area contributed by atoms with Crippen molar-refractivity contribution in [1.29, 1.82) is 0 Å². The lowest BCUT2D eigenvalue weighted by Crippen LogP contribution is -2.61. The molecule has 0 aromatic heterocycles. The van der Waals surface area contributed by atoms with Crippen LogP contribution in [0.25, 0.3) is 0 Å². The summed E-state index contributed by atoms with van der Waals surface area (Å²) >= 11 is 0. The van der Waals surface area contributed by atoms with Crippen molar-refractivity contribution < 1.29 is 23.7 Å². The first-order valence-electron chi connectivity index (χ1n) is 5.66. The molecule has 0 heterocycles. The van der Waals surface area contributed by atoms with Gasteiger partial charge in [-0.3, -0.25) is 10.4 Å². The predicted octanol–water partition coefficient (Wildman–Crippen LogP) is 1.43. The Kier molecular flexibility index (Phi) is 8.11. The molecule has 0 aliphatic carbocycles. The molecule has 0 rings (SSSR count). The van der Waals surface area contributed by atoms with E-state index in [1.54, 1.807) is 0 Å². The number of rotatable bonds is 9. The summed E-state index contributed by atoms with van der Waals surface area (Å²) in [5.41, 5.74) is -0.660. The van der Waals surface area contributed by atoms with E-state index in [4.69, 9.17) is 13.3 Å². The Morgan fingerprint density at radius 3 is 1.50 bits per heavy atom. The molecule has 2 N–H and O–H groups in total. The Hall–Kier alpha value is -0.0231. The Balaban J connectivity index is 4.93. The lowest BCUT2D eigenvalue weighted by atomic mass is 10.5. The Morgan fingerprint density at radius 2 is 1.31 bits per heavy atom. The molecule has 0 aliphatic heterocycles. The van der Waals surface area contributed by atoms with Gasteiger partial charge >= 0.3 is 8.80 Å². The van der Waals surface area contributed by atoms with Gasteiger partial charge in [0.15, 0.2) is 0 Å². The fourth-order valence-corrected chi connectivity index (χ4v) is 4.39. The first-order chi connectivity index (χ1) is 7.57. The average Bonchev–Trinajstić information content (AvgIpc) is 2.19. The van der Waals surface area contributed by atoms with Crippen LogP contribution in [-0.4, -0.2) is 49.9 Å². The molecule has 0 spiro atoms. The number of nitrogens with zero attached hydrogens (tertiary/aromatic N) is 1. The van der Waals surface area contributed by atoms with Crippen LogP contribution in [0.5, 0.6) is 0 Å². The predicted molar refractivity (Wildman–Crippen MR) is 60.1 cm³/mol. The lowest BCUT2D eigenvalue weighted by Gasteiger charge is -2.35. The third kappa shape index (κ3) is 4.09. The zero-order valence-corrected chi connectivity index (χ0v) is 11.5. The Morgan fingerprint density at radius 1 is 0.938 bits per heavy atom. The summed E-state index contributed by atoms with van der Waals surface area (Å²) < 4.78 is 16.7. The zero-order chi connectivity index (χ0) is 12.6. The second kappa shape index (κ2) is 8.12. The van der Waals surface area contributed by atoms with Crippen molar-refractivity contribution in [3.63, 3.8) is 0 Å². The van der Waals surface area contributed by atoms with Gasteiger partial charge in [0.25, 0.3) is 0 Å². The van der Waals surface area contributed by atoms with Gasteiger partial charge in [-0.05, 0) is 27.2 Å². The van der Waals surface area contributed by atoms with Crippen molar-refractivity contribution in [2.75, 3.05) is 19.8 Å². The summed E-state index contributed by atoms with van der Waals surface area (Å²) in [7, 11) is -3.06. The second-order valence-electron chi connectivity index (χ2n) is 3.15. The van der Waals surface area contributed by atoms with E-state index in [2.05, 4.69) is 0 Å². The molecule has 1 unspecified atom stereocenters. The maximum Gasteiger partial charge on any atom is 0.524 e. The lowest BCUT2D eigenvalue weighted by molar-refractivity contribution is -0.325. The highest BCUT2D eigenvalue weighted by Crippen LogP contribution is 2.20. The van der Waals surface area contributed by atoms with Crippen LogP contribution in [0.1, 0.15) is 34.1 Å². The van der Waals surface area contributed by atoms with E-state index < -0.39 is 14.5 Å². The highest BCUT2D eigenvalue weighted by Gasteiger charge is 2.51. The third-order valence-electron chi connectivity index (χ3n) is 2.11. The van der Waals surface area contributed by atoms with Crippen LogP contribution in [0.15, 0.2) is 0 Å². The zero-order valence-electron chi connectivity index (χ0n) is 10.5. The van der Waals surface area contributed by atoms with Crippen molar-refractivity contribution in [2.24, 2.45) is 0 Å². The van der Waals surface area contributed by atoms with Crippen molar-refractivity contribution in [2.45, 2.75) is 39.8 Å². The summed E-state index contributed by atoms with van der Waals surface area (Å²) in [6.07, 6.45) is 0.471. The largest absolute Gasteiger partial charge is 0.524 e. The molecule has 0 aromatic carbocycles. The maximum absolute atomic E-state index is 9.21. The van der Waals surface area contributed by atoms with E-state index in [1.165, 1.54) is 0 Å². The van der Waals surface area contributed by atoms with Crippen LogP contribution >= 0.6 is 0 Å². The molecular weight excluding hydrogens is 230 g/mol. The Bertz CT molecular complexity index is 164. The van der Waals surface area contributed by atoms with E-state index in [9.17, 15) is 10.4 Å². The molecule has 0 aliphatic rings. The molecule has 1 atom stereocenters. The summed E-state index contributed by atoms with van der Waals surface area (Å²) in [4.78, 5) is 0. The monoisotopic (exact) mass is 253 g/mol. The molecule has 7 heteroatoms. The first kappa shape index (κ1) is 16.0. The summed E-state index contributed by atoms with van der Waals surface area (Å²) in [6.45, 7) is 8.54. The van der Waals surface area contributed by atoms with Gasteiger partial charge in [0.2, 0.25) is 0 Å². The molecule has 0 amide bonds. The summed E-state index contributed by atoms with van der Waals surface area (Å²) in [6, 6.07) is 0. The minimum Gasteiger partial charge on any atom is -0.373 e. The molecule has 0 aromatic rings. The van der Waals surface area contributed by atoms with Gasteiger partial charge in [0.05, 0.1) is 0 Å². The third-order valence-corrected chi connectivity index (χ3v) is 5.64. The quantitative estimate of drug-likeness (QED) is 0.478. The van der Waals surface area contributed by atoms with Gasteiger partial charge in [0, 0.05) is 19.8 Å². The van der Waals surface area contributed by atoms with Gasteiger partial charge < -0.3 is 13.3 Å². The van der Waals surface area contributed by atoms with Crippen molar-refractivity contribution >= 4 is 8.80 Å². The summed E-state index contributed by atoms with van der Waals surface area (Å²) in [5.74, 6) is 0. The van der Waals surface area contributed by atoms with Gasteiger partial charge in [-0.2, -0.15) is 0 Å². The van der Waals surface area contributed by atoms with Crippen LogP contribution in [0.2, 0.25) is 0 Å². The van der Waals surface area contributed by atoms with Crippen molar-refractivity contribution in [1.82, 2.24) is 5.23 Å². The SMILES string of the molecule is CCO[Si](OCC)(OCC)C(CC)N(O)O. The number of hydrogen-bond donors (Lipinski definition) is 2. The molecule has 0 saturated heterocycles. The highest BCUT2D eigenvalue weighted by molar-refractivity contribution is 6.62. The highest BCUT2D eigenvalue weighted by atomic mass is 28.4. The van der Waals surface area contributed by atoms with Crippen molar-refractivity contribution in [3.8, 4) is 0 Å². The van der Waals surface area contributed by atoms with Crippen LogP contribution in [0, 0.1) is 0 Å². The molecule has 16 heavy (non-hydrogen) atoms. The van der Waals surface area contributed by atoms with Gasteiger partial charge in [-0.15, -0.1) is 0 Å². The average molecular weight is 253 g/mol. The minimum absolute atomic E-state index is 0.146. The van der Waals surface area contributed by atoms with E-state index >= 15 is 0 Å². The van der Waals surface area contributed by atoms with Crippen LogP contribution < -0.4 is 0 Å². The molecule has 6 nitrogen and oxygen atoms in total. The molecular formula is C9H23NO5Si. The van der Waals surface area contributed by atoms with Gasteiger partial charge in [-0.1, -0.05) is 12.2 Å². The minimum atomic E-state index is -3.06. The molecule has 0 fully saturated rings. The van der Waals surface area contributed by atoms with Crippen LogP contribution in [0.4, 0.5) is 0 Å². The first-order valence-corrected chi connectivity index (χ1v) is 7.46. The van der Waals surface area contributed by atoms with Gasteiger partial charge in [-0.25, -0.2) is 0 Å². The normalized spacial score (nSPS) is 14.4. The smallest absolute Gasteiger partial charge is 0.373 e. The van der Waals surface area contributed by atoms with E-state index in [0.717, 1.165) is 0 Å². The standard InChI is InChI=1S/C9H23NO5Si/c1-5-9(10(11)12)16(13-6-2,14-7-3)15-8-4/h9,11-12H,5-8H2,1-4H3. The topological polar surface area (TPSA) is 71.4 Å². The molecule has 0 saturated carbocycles. The van der Waals surface area contributed by atoms with E-state index in [1.807, 2.05) is 27.7 Å².